The third kappa shape index (κ3) is 5.90. The Bertz CT molecular complexity index is 407. The standard InChI is InChI=1S/C17H29NO3/c1-6-7-9-14(12-13(2)19)15-10-8-11-18(15)16(20)21-17(3,4)5/h12,15H,6-11H2,1-5H3/b14-12-. The van der Waals surface area contributed by atoms with Crippen LogP contribution in [0.5, 0.6) is 0 Å². The smallest absolute Gasteiger partial charge is 0.410 e. The molecule has 0 saturated carbocycles. The highest BCUT2D eigenvalue weighted by Gasteiger charge is 2.34. The molecule has 1 heterocycles. The highest BCUT2D eigenvalue weighted by Crippen LogP contribution is 2.28. The first-order valence-corrected chi connectivity index (χ1v) is 7.95. The summed E-state index contributed by atoms with van der Waals surface area (Å²) in [6, 6.07) is 0.0234. The van der Waals surface area contributed by atoms with Crippen LogP contribution in [0.15, 0.2) is 11.6 Å². The third-order valence-corrected chi connectivity index (χ3v) is 3.52. The molecule has 1 rings (SSSR count). The van der Waals surface area contributed by atoms with E-state index in [-0.39, 0.29) is 17.9 Å². The first kappa shape index (κ1) is 17.7. The van der Waals surface area contributed by atoms with Crippen molar-refractivity contribution in [3.05, 3.63) is 11.6 Å². The summed E-state index contributed by atoms with van der Waals surface area (Å²) in [5.74, 6) is 0.0529. The van der Waals surface area contributed by atoms with Gasteiger partial charge in [-0.3, -0.25) is 4.79 Å². The number of hydrogen-bond acceptors (Lipinski definition) is 3. The molecule has 4 heteroatoms. The molecular weight excluding hydrogens is 266 g/mol. The first-order chi connectivity index (χ1) is 9.74. The van der Waals surface area contributed by atoms with Gasteiger partial charge in [0.05, 0.1) is 6.04 Å². The molecule has 1 saturated heterocycles. The van der Waals surface area contributed by atoms with Crippen molar-refractivity contribution in [1.82, 2.24) is 4.90 Å². The summed E-state index contributed by atoms with van der Waals surface area (Å²) in [6.07, 6.45) is 6.32. The molecule has 1 atom stereocenters. The van der Waals surface area contributed by atoms with E-state index in [4.69, 9.17) is 4.74 Å². The average molecular weight is 295 g/mol. The van der Waals surface area contributed by atoms with Gasteiger partial charge in [0.1, 0.15) is 5.60 Å². The van der Waals surface area contributed by atoms with Crippen LogP contribution in [-0.2, 0) is 9.53 Å². The normalized spacial score (nSPS) is 19.8. The van der Waals surface area contributed by atoms with Crippen molar-refractivity contribution in [3.63, 3.8) is 0 Å². The second-order valence-corrected chi connectivity index (χ2v) is 6.77. The van der Waals surface area contributed by atoms with Crippen molar-refractivity contribution in [1.29, 1.82) is 0 Å². The van der Waals surface area contributed by atoms with Gasteiger partial charge in [-0.05, 0) is 65.0 Å². The summed E-state index contributed by atoms with van der Waals surface area (Å²) < 4.78 is 5.49. The highest BCUT2D eigenvalue weighted by molar-refractivity contribution is 5.88. The lowest BCUT2D eigenvalue weighted by atomic mass is 9.98. The summed E-state index contributed by atoms with van der Waals surface area (Å²) >= 11 is 0. The summed E-state index contributed by atoms with van der Waals surface area (Å²) in [5.41, 5.74) is 0.589. The molecule has 1 aliphatic heterocycles. The Morgan fingerprint density at radius 1 is 1.33 bits per heavy atom. The minimum absolute atomic E-state index is 0.0234. The lowest BCUT2D eigenvalue weighted by Crippen LogP contribution is -2.40. The van der Waals surface area contributed by atoms with Crippen molar-refractivity contribution in [2.75, 3.05) is 6.54 Å². The molecule has 0 aromatic carbocycles. The number of carbonyl (C=O) groups is 2. The number of ketones is 1. The van der Waals surface area contributed by atoms with Crippen molar-refractivity contribution in [3.8, 4) is 0 Å². The van der Waals surface area contributed by atoms with E-state index < -0.39 is 5.60 Å². The Balaban J connectivity index is 2.86. The molecule has 0 aliphatic carbocycles. The Morgan fingerprint density at radius 3 is 2.52 bits per heavy atom. The molecule has 0 aromatic heterocycles. The fourth-order valence-corrected chi connectivity index (χ4v) is 2.67. The zero-order chi connectivity index (χ0) is 16.0. The van der Waals surface area contributed by atoms with Crippen LogP contribution in [0.25, 0.3) is 0 Å². The van der Waals surface area contributed by atoms with E-state index >= 15 is 0 Å². The molecule has 0 N–H and O–H groups in total. The Hall–Kier alpha value is -1.32. The van der Waals surface area contributed by atoms with Crippen LogP contribution in [-0.4, -0.2) is 35.0 Å². The van der Waals surface area contributed by atoms with Crippen LogP contribution in [0, 0.1) is 0 Å². The van der Waals surface area contributed by atoms with Crippen LogP contribution >= 0.6 is 0 Å². The van der Waals surface area contributed by atoms with Gasteiger partial charge in [-0.15, -0.1) is 0 Å². The van der Waals surface area contributed by atoms with Gasteiger partial charge in [0, 0.05) is 6.54 Å². The molecule has 1 amide bonds. The number of rotatable bonds is 5. The number of hydrogen-bond donors (Lipinski definition) is 0. The van der Waals surface area contributed by atoms with Gasteiger partial charge in [0.25, 0.3) is 0 Å². The maximum absolute atomic E-state index is 12.3. The number of ether oxygens (including phenoxy) is 1. The Labute approximate surface area is 128 Å². The van der Waals surface area contributed by atoms with Crippen molar-refractivity contribution in [2.45, 2.75) is 78.4 Å². The number of allylic oxidation sites excluding steroid dienone is 1. The molecular formula is C17H29NO3. The molecule has 1 unspecified atom stereocenters. The fourth-order valence-electron chi connectivity index (χ4n) is 2.67. The van der Waals surface area contributed by atoms with Crippen LogP contribution in [0.4, 0.5) is 4.79 Å². The van der Waals surface area contributed by atoms with E-state index in [2.05, 4.69) is 6.92 Å². The van der Waals surface area contributed by atoms with E-state index in [0.717, 1.165) is 37.7 Å². The minimum Gasteiger partial charge on any atom is -0.444 e. The SMILES string of the molecule is CCCC/C(=C/C(C)=O)C1CCCN1C(=O)OC(C)(C)C. The van der Waals surface area contributed by atoms with Crippen LogP contribution in [0.3, 0.4) is 0 Å². The number of unbranched alkanes of at least 4 members (excludes halogenated alkanes) is 1. The zero-order valence-corrected chi connectivity index (χ0v) is 14.1. The summed E-state index contributed by atoms with van der Waals surface area (Å²) in [5, 5.41) is 0. The van der Waals surface area contributed by atoms with Crippen LogP contribution in [0.2, 0.25) is 0 Å². The number of nitrogens with zero attached hydrogens (tertiary/aromatic N) is 1. The predicted octanol–water partition coefficient (Wildman–Crippen LogP) is 4.09. The van der Waals surface area contributed by atoms with Gasteiger partial charge >= 0.3 is 6.09 Å². The van der Waals surface area contributed by atoms with E-state index in [1.54, 1.807) is 17.9 Å². The van der Waals surface area contributed by atoms with Gasteiger partial charge in [-0.2, -0.15) is 0 Å². The van der Waals surface area contributed by atoms with Gasteiger partial charge < -0.3 is 9.64 Å². The second kappa shape index (κ2) is 7.62. The van der Waals surface area contributed by atoms with Gasteiger partial charge in [-0.1, -0.05) is 13.3 Å². The monoisotopic (exact) mass is 295 g/mol. The summed E-state index contributed by atoms with van der Waals surface area (Å²) in [4.78, 5) is 25.6. The van der Waals surface area contributed by atoms with E-state index in [1.165, 1.54) is 0 Å². The van der Waals surface area contributed by atoms with E-state index in [0.29, 0.717) is 6.54 Å². The summed E-state index contributed by atoms with van der Waals surface area (Å²) in [6.45, 7) is 10.0. The zero-order valence-electron chi connectivity index (χ0n) is 14.1. The Morgan fingerprint density at radius 2 is 2.00 bits per heavy atom. The highest BCUT2D eigenvalue weighted by atomic mass is 16.6. The van der Waals surface area contributed by atoms with Gasteiger partial charge in [0.15, 0.2) is 5.78 Å². The predicted molar refractivity (Wildman–Crippen MR) is 84.3 cm³/mol. The van der Waals surface area contributed by atoms with Crippen molar-refractivity contribution >= 4 is 11.9 Å². The van der Waals surface area contributed by atoms with Crippen LogP contribution in [0.1, 0.15) is 66.7 Å². The van der Waals surface area contributed by atoms with Crippen molar-refractivity contribution in [2.24, 2.45) is 0 Å². The topological polar surface area (TPSA) is 46.6 Å². The lowest BCUT2D eigenvalue weighted by Gasteiger charge is -2.30. The fraction of sp³-hybridized carbons (Fsp3) is 0.765. The quantitative estimate of drug-likeness (QED) is 0.718. The maximum atomic E-state index is 12.3. The molecule has 0 bridgehead atoms. The second-order valence-electron chi connectivity index (χ2n) is 6.77. The number of carbonyl (C=O) groups excluding carboxylic acids is 2. The third-order valence-electron chi connectivity index (χ3n) is 3.52. The molecule has 21 heavy (non-hydrogen) atoms. The molecule has 1 fully saturated rings. The van der Waals surface area contributed by atoms with Gasteiger partial charge in [0.2, 0.25) is 0 Å². The Kier molecular flexibility index (Phi) is 6.43. The molecule has 120 valence electrons. The van der Waals surface area contributed by atoms with Gasteiger partial charge in [-0.25, -0.2) is 4.79 Å². The van der Waals surface area contributed by atoms with E-state index in [1.807, 2.05) is 20.8 Å². The average Bonchev–Trinajstić information content (AvgIpc) is 2.81. The lowest BCUT2D eigenvalue weighted by molar-refractivity contribution is -0.112. The van der Waals surface area contributed by atoms with Crippen molar-refractivity contribution < 1.29 is 14.3 Å². The first-order valence-electron chi connectivity index (χ1n) is 7.95. The maximum Gasteiger partial charge on any atom is 0.410 e. The molecule has 1 aliphatic rings. The molecule has 0 spiro atoms. The molecule has 4 nitrogen and oxygen atoms in total. The van der Waals surface area contributed by atoms with E-state index in [9.17, 15) is 9.59 Å². The largest absolute Gasteiger partial charge is 0.444 e. The summed E-state index contributed by atoms with van der Waals surface area (Å²) in [7, 11) is 0. The molecule has 0 radical (unpaired) electrons. The number of amides is 1. The number of likely N-dealkylation sites (tertiary alicyclic amines) is 1. The molecule has 0 aromatic rings. The minimum atomic E-state index is -0.488. The van der Waals surface area contributed by atoms with Crippen LogP contribution < -0.4 is 0 Å².